The Bertz CT molecular complexity index is 1100. The van der Waals surface area contributed by atoms with Gasteiger partial charge in [0.05, 0.1) is 22.9 Å². The summed E-state index contributed by atoms with van der Waals surface area (Å²) in [7, 11) is -3.17. The third-order valence-electron chi connectivity index (χ3n) is 7.23. The Morgan fingerprint density at radius 2 is 1.90 bits per heavy atom. The van der Waals surface area contributed by atoms with E-state index in [2.05, 4.69) is 10.3 Å². The van der Waals surface area contributed by atoms with Gasteiger partial charge in [-0.3, -0.25) is 0 Å². The Hall–Kier alpha value is -2.07. The summed E-state index contributed by atoms with van der Waals surface area (Å²) >= 11 is 0. The molecule has 3 aliphatic rings. The minimum absolute atomic E-state index is 0.00916. The van der Waals surface area contributed by atoms with Gasteiger partial charge < -0.3 is 10.2 Å². The van der Waals surface area contributed by atoms with Crippen molar-refractivity contribution >= 4 is 32.6 Å². The lowest BCUT2D eigenvalue weighted by molar-refractivity contribution is -0.190. The number of halogens is 2. The first-order valence-electron chi connectivity index (χ1n) is 10.8. The molecule has 5 rings (SSSR count). The summed E-state index contributed by atoms with van der Waals surface area (Å²) in [5.74, 6) is -2.09. The van der Waals surface area contributed by atoms with Gasteiger partial charge in [-0.15, -0.1) is 0 Å². The van der Waals surface area contributed by atoms with E-state index in [1.165, 1.54) is 10.6 Å². The summed E-state index contributed by atoms with van der Waals surface area (Å²) in [6.45, 7) is 1.90. The Morgan fingerprint density at radius 1 is 1.13 bits per heavy atom. The normalized spacial score (nSPS) is 27.0. The van der Waals surface area contributed by atoms with Gasteiger partial charge in [0, 0.05) is 50.2 Å². The molecule has 2 aliphatic heterocycles. The van der Waals surface area contributed by atoms with E-state index < -0.39 is 21.4 Å². The maximum Gasteiger partial charge on any atom is 0.255 e. The molecular formula is C21H27F2N5O2S. The number of alkyl halides is 2. The molecule has 168 valence electrons. The largest absolute Gasteiger partial charge is 0.369 e. The number of rotatable bonds is 4. The van der Waals surface area contributed by atoms with Crippen molar-refractivity contribution in [2.45, 2.75) is 44.1 Å². The van der Waals surface area contributed by atoms with Crippen molar-refractivity contribution in [1.29, 1.82) is 0 Å². The van der Waals surface area contributed by atoms with Crippen molar-refractivity contribution in [3.05, 3.63) is 24.4 Å². The molecule has 1 saturated carbocycles. The lowest BCUT2D eigenvalue weighted by Crippen LogP contribution is -2.52. The van der Waals surface area contributed by atoms with Crippen molar-refractivity contribution in [3.8, 4) is 0 Å². The fraction of sp³-hybridized carbons (Fsp3) is 0.619. The summed E-state index contributed by atoms with van der Waals surface area (Å²) in [4.78, 5) is 11.2. The molecule has 1 unspecified atom stereocenters. The Kier molecular flexibility index (Phi) is 4.85. The van der Waals surface area contributed by atoms with Crippen molar-refractivity contribution in [2.75, 3.05) is 42.7 Å². The van der Waals surface area contributed by atoms with Crippen LogP contribution in [0.3, 0.4) is 0 Å². The van der Waals surface area contributed by atoms with Crippen LogP contribution in [0.5, 0.6) is 0 Å². The molecule has 0 radical (unpaired) electrons. The van der Waals surface area contributed by atoms with Crippen molar-refractivity contribution in [2.24, 2.45) is 5.41 Å². The maximum absolute atomic E-state index is 14.2. The van der Waals surface area contributed by atoms with Gasteiger partial charge in [-0.1, -0.05) is 12.1 Å². The second kappa shape index (κ2) is 7.23. The summed E-state index contributed by atoms with van der Waals surface area (Å²) in [5.41, 5.74) is 0.735. The molecule has 0 bridgehead atoms. The first-order valence-corrected chi connectivity index (χ1v) is 12.6. The number of nitrogens with one attached hydrogen (secondary N) is 1. The SMILES string of the molecule is CS(=O)(=O)N1CCC(Nc2ncc3cccc(N4CCC5(CCC5(F)F)C4)c3n2)CC1. The van der Waals surface area contributed by atoms with Gasteiger partial charge in [-0.05, 0) is 31.7 Å². The fourth-order valence-electron chi connectivity index (χ4n) is 5.13. The highest BCUT2D eigenvalue weighted by Crippen LogP contribution is 2.59. The average molecular weight is 452 g/mol. The number of hydrogen-bond acceptors (Lipinski definition) is 6. The van der Waals surface area contributed by atoms with Crippen molar-refractivity contribution in [3.63, 3.8) is 0 Å². The molecule has 0 amide bonds. The maximum atomic E-state index is 14.2. The first kappa shape index (κ1) is 20.8. The van der Waals surface area contributed by atoms with Gasteiger partial charge in [-0.25, -0.2) is 31.5 Å². The van der Waals surface area contributed by atoms with E-state index in [0.717, 1.165) is 16.6 Å². The topological polar surface area (TPSA) is 78.4 Å². The molecule has 2 saturated heterocycles. The van der Waals surface area contributed by atoms with Crippen LogP contribution in [-0.4, -0.2) is 67.1 Å². The second-order valence-electron chi connectivity index (χ2n) is 9.15. The highest BCUT2D eigenvalue weighted by Gasteiger charge is 2.63. The van der Waals surface area contributed by atoms with Crippen LogP contribution in [-0.2, 0) is 10.0 Å². The van der Waals surface area contributed by atoms with E-state index in [0.29, 0.717) is 57.8 Å². The van der Waals surface area contributed by atoms with Gasteiger partial charge in [-0.2, -0.15) is 0 Å². The number of nitrogens with zero attached hydrogens (tertiary/aromatic N) is 4. The quantitative estimate of drug-likeness (QED) is 0.770. The molecule has 2 aromatic rings. The molecule has 3 heterocycles. The minimum atomic E-state index is -3.17. The van der Waals surface area contributed by atoms with Gasteiger partial charge in [0.1, 0.15) is 0 Å². The predicted octanol–water partition coefficient (Wildman–Crippen LogP) is 3.09. The Labute approximate surface area is 180 Å². The Morgan fingerprint density at radius 3 is 2.52 bits per heavy atom. The molecule has 3 fully saturated rings. The molecule has 1 atom stereocenters. The molecule has 1 aliphatic carbocycles. The third kappa shape index (κ3) is 3.63. The van der Waals surface area contributed by atoms with Gasteiger partial charge in [0.15, 0.2) is 0 Å². The van der Waals surface area contributed by atoms with Crippen LogP contribution in [0.1, 0.15) is 32.1 Å². The molecule has 1 aromatic heterocycles. The zero-order valence-electron chi connectivity index (χ0n) is 17.5. The fourth-order valence-corrected chi connectivity index (χ4v) is 6.00. The Balaban J connectivity index is 1.35. The average Bonchev–Trinajstić information content (AvgIpc) is 3.20. The number of sulfonamides is 1. The zero-order chi connectivity index (χ0) is 21.9. The third-order valence-corrected chi connectivity index (χ3v) is 8.54. The summed E-state index contributed by atoms with van der Waals surface area (Å²) in [6, 6.07) is 5.88. The monoisotopic (exact) mass is 451 g/mol. The molecule has 31 heavy (non-hydrogen) atoms. The van der Waals surface area contributed by atoms with Gasteiger partial charge in [0.25, 0.3) is 5.92 Å². The van der Waals surface area contributed by atoms with Crippen molar-refractivity contribution in [1.82, 2.24) is 14.3 Å². The van der Waals surface area contributed by atoms with Crippen LogP contribution < -0.4 is 10.2 Å². The second-order valence-corrected chi connectivity index (χ2v) is 11.1. The highest BCUT2D eigenvalue weighted by atomic mass is 32.2. The number of hydrogen-bond donors (Lipinski definition) is 1. The summed E-state index contributed by atoms with van der Waals surface area (Å²) in [6.07, 6.45) is 5.42. The molecule has 7 nitrogen and oxygen atoms in total. The van der Waals surface area contributed by atoms with E-state index in [1.54, 1.807) is 6.20 Å². The van der Waals surface area contributed by atoms with Crippen LogP contribution in [0.2, 0.25) is 0 Å². The van der Waals surface area contributed by atoms with E-state index in [-0.39, 0.29) is 12.5 Å². The number of anilines is 2. The van der Waals surface area contributed by atoms with E-state index in [9.17, 15) is 17.2 Å². The molecule has 1 spiro atoms. The summed E-state index contributed by atoms with van der Waals surface area (Å²) in [5, 5.41) is 4.20. The lowest BCUT2D eigenvalue weighted by Gasteiger charge is -2.46. The first-order chi connectivity index (χ1) is 14.7. The standard InChI is InChI=1S/C21H27F2N5O2S/c1-31(29,30)28-10-5-16(6-11-28)25-19-24-13-15-3-2-4-17(18(15)26-19)27-12-9-20(14-27)7-8-21(20,22)23/h2-4,13,16H,5-12,14H2,1H3,(H,24,25,26). The number of piperidine rings is 1. The lowest BCUT2D eigenvalue weighted by atomic mass is 9.64. The number of para-hydroxylation sites is 1. The van der Waals surface area contributed by atoms with E-state index in [1.807, 2.05) is 23.1 Å². The molecular weight excluding hydrogens is 424 g/mol. The van der Waals surface area contributed by atoms with Gasteiger partial charge in [0.2, 0.25) is 16.0 Å². The number of benzene rings is 1. The highest BCUT2D eigenvalue weighted by molar-refractivity contribution is 7.88. The van der Waals surface area contributed by atoms with Crippen LogP contribution in [0, 0.1) is 5.41 Å². The number of fused-ring (bicyclic) bond motifs is 1. The molecule has 1 aromatic carbocycles. The summed E-state index contributed by atoms with van der Waals surface area (Å²) < 4.78 is 53.3. The van der Waals surface area contributed by atoms with Crippen LogP contribution in [0.15, 0.2) is 24.4 Å². The van der Waals surface area contributed by atoms with Crippen LogP contribution in [0.25, 0.3) is 10.9 Å². The molecule has 1 N–H and O–H groups in total. The molecule has 10 heteroatoms. The van der Waals surface area contributed by atoms with Crippen LogP contribution >= 0.6 is 0 Å². The minimum Gasteiger partial charge on any atom is -0.369 e. The van der Waals surface area contributed by atoms with Crippen LogP contribution in [0.4, 0.5) is 20.4 Å². The smallest absolute Gasteiger partial charge is 0.255 e. The predicted molar refractivity (Wildman–Crippen MR) is 116 cm³/mol. The van der Waals surface area contributed by atoms with E-state index >= 15 is 0 Å². The van der Waals surface area contributed by atoms with Crippen molar-refractivity contribution < 1.29 is 17.2 Å². The zero-order valence-corrected chi connectivity index (χ0v) is 18.3. The number of aromatic nitrogens is 2. The van der Waals surface area contributed by atoms with Gasteiger partial charge >= 0.3 is 0 Å². The van der Waals surface area contributed by atoms with E-state index in [4.69, 9.17) is 4.98 Å².